The zero-order chi connectivity index (χ0) is 20.9. The van der Waals surface area contributed by atoms with E-state index in [0.717, 1.165) is 30.9 Å². The minimum absolute atomic E-state index is 0.210. The number of likely N-dealkylation sites (tertiary alicyclic amines) is 1. The Morgan fingerprint density at radius 3 is 2.60 bits per heavy atom. The number of carbonyl (C=O) groups excluding carboxylic acids is 1. The number of halogens is 1. The van der Waals surface area contributed by atoms with Gasteiger partial charge in [0.25, 0.3) is 5.91 Å². The van der Waals surface area contributed by atoms with Crippen molar-refractivity contribution in [2.24, 2.45) is 7.05 Å². The third-order valence-corrected chi connectivity index (χ3v) is 5.57. The van der Waals surface area contributed by atoms with Gasteiger partial charge in [0, 0.05) is 35.9 Å². The summed E-state index contributed by atoms with van der Waals surface area (Å²) >= 11 is 5.94. The molecule has 1 aliphatic heterocycles. The maximum absolute atomic E-state index is 12.8. The Morgan fingerprint density at radius 1 is 1.13 bits per heavy atom. The predicted molar refractivity (Wildman–Crippen MR) is 119 cm³/mol. The summed E-state index contributed by atoms with van der Waals surface area (Å²) in [4.78, 5) is 15.2. The molecular weight excluding hydrogens is 400 g/mol. The van der Waals surface area contributed by atoms with Gasteiger partial charge in [-0.05, 0) is 68.4 Å². The molecule has 1 saturated heterocycles. The van der Waals surface area contributed by atoms with Crippen molar-refractivity contribution < 1.29 is 9.53 Å². The van der Waals surface area contributed by atoms with Gasteiger partial charge < -0.3 is 10.1 Å². The lowest BCUT2D eigenvalue weighted by Crippen LogP contribution is -2.25. The first kappa shape index (κ1) is 20.4. The second-order valence-electron chi connectivity index (χ2n) is 7.38. The van der Waals surface area contributed by atoms with Gasteiger partial charge in [0.2, 0.25) is 0 Å². The maximum atomic E-state index is 12.8. The summed E-state index contributed by atoms with van der Waals surface area (Å²) in [7, 11) is 1.89. The Hall–Kier alpha value is -2.83. The van der Waals surface area contributed by atoms with Crippen LogP contribution in [0.1, 0.15) is 23.2 Å². The van der Waals surface area contributed by atoms with E-state index in [9.17, 15) is 4.79 Å². The van der Waals surface area contributed by atoms with E-state index < -0.39 is 0 Å². The van der Waals surface area contributed by atoms with E-state index >= 15 is 0 Å². The molecule has 3 aromatic rings. The van der Waals surface area contributed by atoms with Crippen molar-refractivity contribution in [3.63, 3.8) is 0 Å². The van der Waals surface area contributed by atoms with E-state index in [1.165, 1.54) is 12.8 Å². The first-order valence-corrected chi connectivity index (χ1v) is 10.5. The Bertz CT molecular complexity index is 1010. The number of aryl methyl sites for hydroxylation is 1. The number of hydrogen-bond acceptors (Lipinski definition) is 4. The van der Waals surface area contributed by atoms with E-state index in [-0.39, 0.29) is 5.91 Å². The van der Waals surface area contributed by atoms with Crippen LogP contribution in [0.2, 0.25) is 5.02 Å². The third kappa shape index (κ3) is 4.66. The van der Waals surface area contributed by atoms with Gasteiger partial charge in [0.15, 0.2) is 5.75 Å². The average Bonchev–Trinajstić information content (AvgIpc) is 3.41. The Morgan fingerprint density at radius 2 is 1.90 bits per heavy atom. The Labute approximate surface area is 181 Å². The molecule has 0 bridgehead atoms. The highest BCUT2D eigenvalue weighted by Gasteiger charge is 2.18. The number of para-hydroxylation sites is 1. The van der Waals surface area contributed by atoms with Crippen molar-refractivity contribution in [2.75, 3.05) is 31.6 Å². The summed E-state index contributed by atoms with van der Waals surface area (Å²) in [6, 6.07) is 14.5. The van der Waals surface area contributed by atoms with E-state index in [1.54, 1.807) is 35.1 Å². The summed E-state index contributed by atoms with van der Waals surface area (Å²) in [5.74, 6) is 0.445. The molecule has 7 heteroatoms. The Balaban J connectivity index is 1.60. The van der Waals surface area contributed by atoms with Crippen molar-refractivity contribution in [1.82, 2.24) is 14.7 Å². The van der Waals surface area contributed by atoms with E-state index in [2.05, 4.69) is 15.3 Å². The molecule has 6 nitrogen and oxygen atoms in total. The molecule has 2 aromatic carbocycles. The molecule has 1 fully saturated rings. The van der Waals surface area contributed by atoms with Crippen LogP contribution in [0.5, 0.6) is 5.75 Å². The average molecular weight is 425 g/mol. The highest BCUT2D eigenvalue weighted by Crippen LogP contribution is 2.36. The fourth-order valence-electron chi connectivity index (χ4n) is 3.71. The topological polar surface area (TPSA) is 59.4 Å². The number of nitrogens with one attached hydrogen (secondary N) is 1. The zero-order valence-electron chi connectivity index (χ0n) is 17.0. The predicted octanol–water partition coefficient (Wildman–Crippen LogP) is 4.47. The van der Waals surface area contributed by atoms with Crippen LogP contribution in [0.25, 0.3) is 11.3 Å². The van der Waals surface area contributed by atoms with Crippen LogP contribution in [0.15, 0.2) is 54.7 Å². The molecule has 0 atom stereocenters. The lowest BCUT2D eigenvalue weighted by molar-refractivity contribution is 0.102. The van der Waals surface area contributed by atoms with Crippen molar-refractivity contribution in [3.05, 3.63) is 65.3 Å². The van der Waals surface area contributed by atoms with Gasteiger partial charge in [0.1, 0.15) is 6.61 Å². The van der Waals surface area contributed by atoms with Crippen LogP contribution in [0.4, 0.5) is 5.69 Å². The van der Waals surface area contributed by atoms with E-state index in [0.29, 0.717) is 28.6 Å². The van der Waals surface area contributed by atoms with Gasteiger partial charge in [0.05, 0.1) is 11.4 Å². The molecule has 2 heterocycles. The first-order chi connectivity index (χ1) is 14.6. The zero-order valence-corrected chi connectivity index (χ0v) is 17.7. The summed E-state index contributed by atoms with van der Waals surface area (Å²) in [6.07, 6.45) is 4.24. The smallest absolute Gasteiger partial charge is 0.255 e. The second-order valence-corrected chi connectivity index (χ2v) is 7.82. The van der Waals surface area contributed by atoms with E-state index in [1.807, 2.05) is 31.3 Å². The van der Waals surface area contributed by atoms with Crippen LogP contribution in [-0.2, 0) is 7.05 Å². The van der Waals surface area contributed by atoms with Crippen molar-refractivity contribution in [2.45, 2.75) is 12.8 Å². The first-order valence-electron chi connectivity index (χ1n) is 10.2. The molecule has 0 aliphatic carbocycles. The number of anilines is 1. The largest absolute Gasteiger partial charge is 0.489 e. The molecule has 0 spiro atoms. The maximum Gasteiger partial charge on any atom is 0.255 e. The minimum atomic E-state index is -0.210. The molecule has 1 amide bonds. The van der Waals surface area contributed by atoms with Crippen molar-refractivity contribution in [1.29, 1.82) is 0 Å². The molecule has 1 aliphatic rings. The molecule has 156 valence electrons. The fourth-order valence-corrected chi connectivity index (χ4v) is 3.84. The van der Waals surface area contributed by atoms with Gasteiger partial charge in [-0.2, -0.15) is 5.10 Å². The Kier molecular flexibility index (Phi) is 6.35. The van der Waals surface area contributed by atoms with Crippen LogP contribution in [-0.4, -0.2) is 46.8 Å². The highest BCUT2D eigenvalue weighted by atomic mass is 35.5. The highest BCUT2D eigenvalue weighted by molar-refractivity contribution is 6.30. The van der Waals surface area contributed by atoms with Crippen LogP contribution < -0.4 is 10.1 Å². The minimum Gasteiger partial charge on any atom is -0.489 e. The normalized spacial score (nSPS) is 14.1. The molecule has 0 radical (unpaired) electrons. The fraction of sp³-hybridized carbons (Fsp3) is 0.304. The second kappa shape index (κ2) is 9.32. The van der Waals surface area contributed by atoms with Crippen molar-refractivity contribution >= 4 is 23.2 Å². The molecule has 0 saturated carbocycles. The van der Waals surface area contributed by atoms with E-state index in [4.69, 9.17) is 16.3 Å². The number of ether oxygens (including phenoxy) is 1. The number of rotatable bonds is 7. The molecule has 1 N–H and O–H groups in total. The molecule has 4 rings (SSSR count). The van der Waals surface area contributed by atoms with Gasteiger partial charge in [-0.15, -0.1) is 0 Å². The monoisotopic (exact) mass is 424 g/mol. The van der Waals surface area contributed by atoms with Gasteiger partial charge in [-0.1, -0.05) is 17.7 Å². The van der Waals surface area contributed by atoms with Crippen LogP contribution >= 0.6 is 11.6 Å². The molecular formula is C23H25ClN4O2. The number of amides is 1. The van der Waals surface area contributed by atoms with Gasteiger partial charge >= 0.3 is 0 Å². The summed E-state index contributed by atoms with van der Waals surface area (Å²) in [6.45, 7) is 3.66. The molecule has 1 aromatic heterocycles. The summed E-state index contributed by atoms with van der Waals surface area (Å²) < 4.78 is 8.05. The van der Waals surface area contributed by atoms with Crippen LogP contribution in [0.3, 0.4) is 0 Å². The SMILES string of the molecule is Cn1nccc1-c1cccc(NC(=O)c2ccc(Cl)cc2)c1OCCN1CCCC1. The van der Waals surface area contributed by atoms with Crippen LogP contribution in [0, 0.1) is 0 Å². The summed E-state index contributed by atoms with van der Waals surface area (Å²) in [5.41, 5.74) is 2.99. The quantitative estimate of drug-likeness (QED) is 0.608. The lowest BCUT2D eigenvalue weighted by Gasteiger charge is -2.19. The van der Waals surface area contributed by atoms with Crippen molar-refractivity contribution in [3.8, 4) is 17.0 Å². The summed E-state index contributed by atoms with van der Waals surface area (Å²) in [5, 5.41) is 7.87. The number of nitrogens with zero attached hydrogens (tertiary/aromatic N) is 3. The lowest BCUT2D eigenvalue weighted by atomic mass is 10.1. The number of benzene rings is 2. The standard InChI is InChI=1S/C23H25ClN4O2/c1-27-21(11-12-25-27)19-5-4-6-20(22(19)30-16-15-28-13-2-3-14-28)26-23(29)17-7-9-18(24)10-8-17/h4-12H,2-3,13-16H2,1H3,(H,26,29). The number of aromatic nitrogens is 2. The van der Waals surface area contributed by atoms with Gasteiger partial charge in [-0.25, -0.2) is 0 Å². The number of carbonyl (C=O) groups is 1. The molecule has 0 unspecified atom stereocenters. The third-order valence-electron chi connectivity index (χ3n) is 5.32. The number of hydrogen-bond donors (Lipinski definition) is 1. The molecule has 30 heavy (non-hydrogen) atoms. The van der Waals surface area contributed by atoms with Gasteiger partial charge in [-0.3, -0.25) is 14.4 Å².